The maximum absolute atomic E-state index is 12.0. The zero-order chi connectivity index (χ0) is 12.3. The molecule has 1 heterocycles. The van der Waals surface area contributed by atoms with Gasteiger partial charge in [0.15, 0.2) is 5.69 Å². The number of hydrogen-bond donors (Lipinski definition) is 0. The second-order valence-electron chi connectivity index (χ2n) is 4.22. The highest BCUT2D eigenvalue weighted by Gasteiger charge is 2.20. The van der Waals surface area contributed by atoms with E-state index in [0.717, 1.165) is 10.9 Å². The molecule has 0 N–H and O–H groups in total. The highest BCUT2D eigenvalue weighted by molar-refractivity contribution is 5.86. The summed E-state index contributed by atoms with van der Waals surface area (Å²) in [6.07, 6.45) is -1.39. The first kappa shape index (κ1) is 12.5. The summed E-state index contributed by atoms with van der Waals surface area (Å²) in [5.41, 5.74) is -0.723. The van der Waals surface area contributed by atoms with Gasteiger partial charge in [0.25, 0.3) is 6.43 Å². The van der Waals surface area contributed by atoms with Gasteiger partial charge in [0, 0.05) is 0 Å². The molecule has 0 unspecified atom stereocenters. The van der Waals surface area contributed by atoms with Crippen molar-refractivity contribution in [2.24, 2.45) is 0 Å². The fourth-order valence-corrected chi connectivity index (χ4v) is 0.953. The van der Waals surface area contributed by atoms with Gasteiger partial charge in [-0.15, -0.1) is 5.10 Å². The molecule has 1 rings (SSSR count). The lowest BCUT2D eigenvalue weighted by molar-refractivity contribution is 0.00625. The minimum Gasteiger partial charge on any atom is -0.455 e. The van der Waals surface area contributed by atoms with Gasteiger partial charge >= 0.3 is 5.97 Å². The number of carbonyl (C=O) groups is 1. The Hall–Kier alpha value is -1.53. The molecule has 1 aromatic heterocycles. The number of hydrogen-bond acceptors (Lipinski definition) is 4. The quantitative estimate of drug-likeness (QED) is 0.742. The average Bonchev–Trinajstić information content (AvgIpc) is 2.48. The summed E-state index contributed by atoms with van der Waals surface area (Å²) < 4.78 is 29.9. The van der Waals surface area contributed by atoms with E-state index < -0.39 is 24.5 Å². The predicted molar refractivity (Wildman–Crippen MR) is 51.2 cm³/mol. The SMILES string of the molecule is CC(C)(C)OC(=O)c1cn(CC(F)F)nn1. The number of halogens is 2. The number of carbonyl (C=O) groups excluding carboxylic acids is 1. The Morgan fingerprint density at radius 1 is 1.56 bits per heavy atom. The lowest BCUT2D eigenvalue weighted by Gasteiger charge is -2.18. The standard InChI is InChI=1S/C9H13F2N3O2/c1-9(2,3)16-8(15)6-4-14(13-12-6)5-7(10)11/h4,7H,5H2,1-3H3. The van der Waals surface area contributed by atoms with E-state index in [0.29, 0.717) is 0 Å². The highest BCUT2D eigenvalue weighted by atomic mass is 19.3. The molecule has 0 aliphatic carbocycles. The molecular weight excluding hydrogens is 220 g/mol. The Morgan fingerprint density at radius 2 is 2.19 bits per heavy atom. The third kappa shape index (κ3) is 3.92. The molecule has 0 radical (unpaired) electrons. The largest absolute Gasteiger partial charge is 0.455 e. The predicted octanol–water partition coefficient (Wildman–Crippen LogP) is 1.50. The third-order valence-corrected chi connectivity index (χ3v) is 1.47. The molecule has 0 saturated carbocycles. The van der Waals surface area contributed by atoms with Gasteiger partial charge in [-0.3, -0.25) is 0 Å². The summed E-state index contributed by atoms with van der Waals surface area (Å²) in [6, 6.07) is 0. The van der Waals surface area contributed by atoms with Crippen LogP contribution in [0.25, 0.3) is 0 Å². The van der Waals surface area contributed by atoms with E-state index in [1.807, 2.05) is 0 Å². The molecule has 5 nitrogen and oxygen atoms in total. The van der Waals surface area contributed by atoms with Crippen LogP contribution in [0.1, 0.15) is 31.3 Å². The van der Waals surface area contributed by atoms with Crippen molar-refractivity contribution >= 4 is 5.97 Å². The number of alkyl halides is 2. The van der Waals surface area contributed by atoms with Crippen molar-refractivity contribution in [2.75, 3.05) is 0 Å². The summed E-state index contributed by atoms with van der Waals surface area (Å²) in [4.78, 5) is 11.4. The average molecular weight is 233 g/mol. The maximum atomic E-state index is 12.0. The van der Waals surface area contributed by atoms with Gasteiger partial charge in [-0.05, 0) is 20.8 Å². The Morgan fingerprint density at radius 3 is 2.69 bits per heavy atom. The van der Waals surface area contributed by atoms with E-state index in [-0.39, 0.29) is 5.69 Å². The van der Waals surface area contributed by atoms with Crippen LogP contribution in [-0.2, 0) is 11.3 Å². The van der Waals surface area contributed by atoms with Crippen molar-refractivity contribution in [3.8, 4) is 0 Å². The van der Waals surface area contributed by atoms with Crippen LogP contribution in [-0.4, -0.2) is 33.0 Å². The number of rotatable bonds is 3. The van der Waals surface area contributed by atoms with E-state index >= 15 is 0 Å². The molecular formula is C9H13F2N3O2. The molecule has 0 aliphatic heterocycles. The van der Waals surface area contributed by atoms with Crippen molar-refractivity contribution in [1.29, 1.82) is 0 Å². The first-order chi connectivity index (χ1) is 7.28. The van der Waals surface area contributed by atoms with Gasteiger partial charge in [0.05, 0.1) is 6.20 Å². The maximum Gasteiger partial charge on any atom is 0.361 e. The van der Waals surface area contributed by atoms with Crippen molar-refractivity contribution < 1.29 is 18.3 Å². The molecule has 0 bridgehead atoms. The van der Waals surface area contributed by atoms with E-state index in [4.69, 9.17) is 4.74 Å². The topological polar surface area (TPSA) is 57.0 Å². The fourth-order valence-electron chi connectivity index (χ4n) is 0.953. The smallest absolute Gasteiger partial charge is 0.361 e. The van der Waals surface area contributed by atoms with Crippen molar-refractivity contribution in [1.82, 2.24) is 15.0 Å². The van der Waals surface area contributed by atoms with Crippen molar-refractivity contribution in [3.05, 3.63) is 11.9 Å². The second kappa shape index (κ2) is 4.54. The number of ether oxygens (including phenoxy) is 1. The van der Waals surface area contributed by atoms with Crippen LogP contribution in [0.3, 0.4) is 0 Å². The van der Waals surface area contributed by atoms with E-state index in [1.165, 1.54) is 0 Å². The lowest BCUT2D eigenvalue weighted by Crippen LogP contribution is -2.24. The summed E-state index contributed by atoms with van der Waals surface area (Å²) in [7, 11) is 0. The molecule has 0 aromatic carbocycles. The molecule has 0 atom stereocenters. The number of esters is 1. The van der Waals surface area contributed by atoms with Crippen LogP contribution in [0.5, 0.6) is 0 Å². The molecule has 0 spiro atoms. The Balaban J connectivity index is 2.67. The van der Waals surface area contributed by atoms with Crippen LogP contribution in [0.2, 0.25) is 0 Å². The van der Waals surface area contributed by atoms with E-state index in [2.05, 4.69) is 10.3 Å². The molecule has 0 saturated heterocycles. The zero-order valence-corrected chi connectivity index (χ0v) is 9.28. The molecule has 1 aromatic rings. The van der Waals surface area contributed by atoms with Crippen molar-refractivity contribution in [2.45, 2.75) is 39.3 Å². The van der Waals surface area contributed by atoms with Crippen LogP contribution < -0.4 is 0 Å². The summed E-state index contributed by atoms with van der Waals surface area (Å²) in [5.74, 6) is -0.673. The molecule has 0 aliphatic rings. The first-order valence-corrected chi connectivity index (χ1v) is 4.69. The Kier molecular flexibility index (Phi) is 3.56. The zero-order valence-electron chi connectivity index (χ0n) is 9.28. The third-order valence-electron chi connectivity index (χ3n) is 1.47. The van der Waals surface area contributed by atoms with E-state index in [1.54, 1.807) is 20.8 Å². The van der Waals surface area contributed by atoms with Crippen LogP contribution in [0, 0.1) is 0 Å². The van der Waals surface area contributed by atoms with Gasteiger partial charge in [0.1, 0.15) is 12.1 Å². The first-order valence-electron chi connectivity index (χ1n) is 4.69. The van der Waals surface area contributed by atoms with Gasteiger partial charge in [-0.25, -0.2) is 18.3 Å². The van der Waals surface area contributed by atoms with Crippen LogP contribution >= 0.6 is 0 Å². The van der Waals surface area contributed by atoms with E-state index in [9.17, 15) is 13.6 Å². The van der Waals surface area contributed by atoms with Gasteiger partial charge in [-0.1, -0.05) is 5.21 Å². The Labute approximate surface area is 91.4 Å². The normalized spacial score (nSPS) is 11.9. The van der Waals surface area contributed by atoms with Gasteiger partial charge in [0.2, 0.25) is 0 Å². The summed E-state index contributed by atoms with van der Waals surface area (Å²) in [6.45, 7) is 4.52. The molecule has 90 valence electrons. The highest BCUT2D eigenvalue weighted by Crippen LogP contribution is 2.10. The number of aromatic nitrogens is 3. The van der Waals surface area contributed by atoms with Crippen LogP contribution in [0.15, 0.2) is 6.20 Å². The number of nitrogens with zero attached hydrogens (tertiary/aromatic N) is 3. The van der Waals surface area contributed by atoms with Gasteiger partial charge < -0.3 is 4.74 Å². The van der Waals surface area contributed by atoms with Gasteiger partial charge in [-0.2, -0.15) is 0 Å². The summed E-state index contributed by atoms with van der Waals surface area (Å²) in [5, 5.41) is 6.85. The minimum absolute atomic E-state index is 0.0735. The second-order valence-corrected chi connectivity index (χ2v) is 4.22. The fraction of sp³-hybridized carbons (Fsp3) is 0.667. The molecule has 0 amide bonds. The minimum atomic E-state index is -2.53. The monoisotopic (exact) mass is 233 g/mol. The summed E-state index contributed by atoms with van der Waals surface area (Å²) >= 11 is 0. The molecule has 7 heteroatoms. The van der Waals surface area contributed by atoms with Crippen molar-refractivity contribution in [3.63, 3.8) is 0 Å². The molecule has 0 fully saturated rings. The lowest BCUT2D eigenvalue weighted by atomic mass is 10.2. The van der Waals surface area contributed by atoms with Crippen LogP contribution in [0.4, 0.5) is 8.78 Å². The molecule has 16 heavy (non-hydrogen) atoms. The Bertz CT molecular complexity index is 371.